The molecule has 0 bridgehead atoms. The van der Waals surface area contributed by atoms with Gasteiger partial charge >= 0.3 is 0 Å². The lowest BCUT2D eigenvalue weighted by molar-refractivity contribution is -0.134. The molecular formula is C13H26N2O3. The van der Waals surface area contributed by atoms with Crippen LogP contribution in [0.4, 0.5) is 0 Å². The van der Waals surface area contributed by atoms with Crippen molar-refractivity contribution in [1.82, 2.24) is 5.32 Å². The average Bonchev–Trinajstić information content (AvgIpc) is 2.42. The van der Waals surface area contributed by atoms with Gasteiger partial charge in [0.05, 0.1) is 5.60 Å². The van der Waals surface area contributed by atoms with E-state index in [0.717, 1.165) is 38.9 Å². The van der Waals surface area contributed by atoms with Crippen LogP contribution >= 0.6 is 0 Å². The van der Waals surface area contributed by atoms with Gasteiger partial charge in [-0.2, -0.15) is 0 Å². The molecule has 0 aliphatic carbocycles. The first-order valence-corrected chi connectivity index (χ1v) is 6.87. The monoisotopic (exact) mass is 258 g/mol. The highest BCUT2D eigenvalue weighted by molar-refractivity contribution is 5.77. The fourth-order valence-corrected chi connectivity index (χ4v) is 2.13. The van der Waals surface area contributed by atoms with Crippen LogP contribution in [-0.4, -0.2) is 43.9 Å². The Kier molecular flexibility index (Phi) is 6.60. The van der Waals surface area contributed by atoms with Crippen LogP contribution in [0.25, 0.3) is 0 Å². The van der Waals surface area contributed by atoms with Crippen molar-refractivity contribution in [3.63, 3.8) is 0 Å². The molecule has 0 unspecified atom stereocenters. The van der Waals surface area contributed by atoms with Gasteiger partial charge < -0.3 is 20.5 Å². The smallest absolute Gasteiger partial charge is 0.246 e. The van der Waals surface area contributed by atoms with Gasteiger partial charge in [0.25, 0.3) is 0 Å². The van der Waals surface area contributed by atoms with Crippen molar-refractivity contribution >= 4 is 5.91 Å². The first-order valence-electron chi connectivity index (χ1n) is 6.87. The summed E-state index contributed by atoms with van der Waals surface area (Å²) in [7, 11) is 0. The summed E-state index contributed by atoms with van der Waals surface area (Å²) in [4.78, 5) is 11.8. The molecule has 1 rings (SSSR count). The second-order valence-corrected chi connectivity index (χ2v) is 4.84. The first-order chi connectivity index (χ1) is 8.65. The predicted octanol–water partition coefficient (Wildman–Crippen LogP) is 0.816. The molecule has 18 heavy (non-hydrogen) atoms. The lowest BCUT2D eigenvalue weighted by atomic mass is 9.97. The molecule has 0 saturated carbocycles. The van der Waals surface area contributed by atoms with Crippen LogP contribution in [0.15, 0.2) is 0 Å². The van der Waals surface area contributed by atoms with E-state index in [0.29, 0.717) is 6.54 Å². The van der Waals surface area contributed by atoms with Gasteiger partial charge in [-0.3, -0.25) is 4.79 Å². The highest BCUT2D eigenvalue weighted by Gasteiger charge is 2.26. The third-order valence-electron chi connectivity index (χ3n) is 3.76. The Bertz CT molecular complexity index is 240. The fourth-order valence-electron chi connectivity index (χ4n) is 2.13. The molecule has 1 fully saturated rings. The van der Waals surface area contributed by atoms with E-state index in [2.05, 4.69) is 5.32 Å². The third-order valence-corrected chi connectivity index (χ3v) is 3.76. The summed E-state index contributed by atoms with van der Waals surface area (Å²) in [5, 5.41) is 2.98. The maximum absolute atomic E-state index is 11.8. The molecular weight excluding hydrogens is 232 g/mol. The van der Waals surface area contributed by atoms with Crippen LogP contribution in [0, 0.1) is 0 Å². The van der Waals surface area contributed by atoms with Gasteiger partial charge in [-0.15, -0.1) is 0 Å². The van der Waals surface area contributed by atoms with E-state index in [9.17, 15) is 4.79 Å². The lowest BCUT2D eigenvalue weighted by Crippen LogP contribution is -2.45. The Morgan fingerprint density at radius 1 is 1.39 bits per heavy atom. The zero-order valence-electron chi connectivity index (χ0n) is 11.5. The van der Waals surface area contributed by atoms with Gasteiger partial charge in [0.15, 0.2) is 0 Å². The summed E-state index contributed by atoms with van der Waals surface area (Å²) in [6, 6.07) is 0.227. The van der Waals surface area contributed by atoms with Gasteiger partial charge in [0.1, 0.15) is 6.61 Å². The zero-order valence-corrected chi connectivity index (χ0v) is 11.5. The minimum Gasteiger partial charge on any atom is -0.381 e. The fraction of sp³-hybridized carbons (Fsp3) is 0.923. The average molecular weight is 258 g/mol. The first kappa shape index (κ1) is 15.4. The maximum atomic E-state index is 11.8. The largest absolute Gasteiger partial charge is 0.381 e. The number of rotatable bonds is 7. The van der Waals surface area contributed by atoms with Crippen LogP contribution in [0.5, 0.6) is 0 Å². The summed E-state index contributed by atoms with van der Waals surface area (Å²) in [5.74, 6) is -0.0541. The molecule has 1 aliphatic rings. The maximum Gasteiger partial charge on any atom is 0.246 e. The van der Waals surface area contributed by atoms with E-state index in [1.807, 2.05) is 13.8 Å². The van der Waals surface area contributed by atoms with E-state index < -0.39 is 0 Å². The van der Waals surface area contributed by atoms with Gasteiger partial charge in [-0.25, -0.2) is 0 Å². The zero-order chi connectivity index (χ0) is 13.4. The Hall–Kier alpha value is -0.650. The summed E-state index contributed by atoms with van der Waals surface area (Å²) in [5.41, 5.74) is 5.37. The van der Waals surface area contributed by atoms with Gasteiger partial charge in [0.2, 0.25) is 5.91 Å². The van der Waals surface area contributed by atoms with Crippen molar-refractivity contribution in [3.05, 3.63) is 0 Å². The summed E-state index contributed by atoms with van der Waals surface area (Å²) in [6.45, 7) is 6.06. The predicted molar refractivity (Wildman–Crippen MR) is 70.3 cm³/mol. The minimum absolute atomic E-state index is 0.0541. The number of carbonyl (C=O) groups is 1. The molecule has 1 amide bonds. The molecule has 0 radical (unpaired) electrons. The van der Waals surface area contributed by atoms with E-state index in [1.165, 1.54) is 0 Å². The second-order valence-electron chi connectivity index (χ2n) is 4.84. The molecule has 1 heterocycles. The molecule has 0 aromatic heterocycles. The standard InChI is InChI=1S/C13H26N2O3/c1-3-13(4-2,10-14)18-9-12(16)15-11-5-7-17-8-6-11/h11H,3-10,14H2,1-2H3,(H,15,16). The van der Waals surface area contributed by atoms with Gasteiger partial charge in [-0.1, -0.05) is 13.8 Å². The van der Waals surface area contributed by atoms with Crippen LogP contribution in [0.2, 0.25) is 0 Å². The Morgan fingerprint density at radius 3 is 2.50 bits per heavy atom. The molecule has 0 atom stereocenters. The van der Waals surface area contributed by atoms with Crippen LogP contribution < -0.4 is 11.1 Å². The van der Waals surface area contributed by atoms with E-state index in [1.54, 1.807) is 0 Å². The van der Waals surface area contributed by atoms with Gasteiger partial charge in [0, 0.05) is 25.8 Å². The molecule has 3 N–H and O–H groups in total. The van der Waals surface area contributed by atoms with Crippen molar-refractivity contribution < 1.29 is 14.3 Å². The Morgan fingerprint density at radius 2 is 2.00 bits per heavy atom. The molecule has 0 aromatic carbocycles. The van der Waals surface area contributed by atoms with Crippen LogP contribution in [0.1, 0.15) is 39.5 Å². The number of nitrogens with two attached hydrogens (primary N) is 1. The van der Waals surface area contributed by atoms with E-state index in [-0.39, 0.29) is 24.2 Å². The third kappa shape index (κ3) is 4.55. The second kappa shape index (κ2) is 7.71. The molecule has 1 saturated heterocycles. The number of hydrogen-bond donors (Lipinski definition) is 2. The minimum atomic E-state index is -0.354. The number of nitrogens with one attached hydrogen (secondary N) is 1. The number of hydrogen-bond acceptors (Lipinski definition) is 4. The van der Waals surface area contributed by atoms with E-state index >= 15 is 0 Å². The lowest BCUT2D eigenvalue weighted by Gasteiger charge is -2.30. The molecule has 5 nitrogen and oxygen atoms in total. The van der Waals surface area contributed by atoms with Crippen molar-refractivity contribution in [2.75, 3.05) is 26.4 Å². The van der Waals surface area contributed by atoms with Crippen LogP contribution in [0.3, 0.4) is 0 Å². The summed E-state index contributed by atoms with van der Waals surface area (Å²) >= 11 is 0. The summed E-state index contributed by atoms with van der Waals surface area (Å²) in [6.07, 6.45) is 3.42. The highest BCUT2D eigenvalue weighted by Crippen LogP contribution is 2.18. The summed E-state index contributed by atoms with van der Waals surface area (Å²) < 4.78 is 11.0. The quantitative estimate of drug-likeness (QED) is 0.709. The molecule has 0 spiro atoms. The number of amides is 1. The topological polar surface area (TPSA) is 73.6 Å². The van der Waals surface area contributed by atoms with Crippen molar-refractivity contribution in [2.24, 2.45) is 5.73 Å². The Labute approximate surface area is 109 Å². The molecule has 5 heteroatoms. The van der Waals surface area contributed by atoms with Crippen molar-refractivity contribution in [2.45, 2.75) is 51.2 Å². The van der Waals surface area contributed by atoms with Crippen molar-refractivity contribution in [3.8, 4) is 0 Å². The molecule has 1 aliphatic heterocycles. The number of carbonyl (C=O) groups excluding carboxylic acids is 1. The van der Waals surface area contributed by atoms with Gasteiger partial charge in [-0.05, 0) is 25.7 Å². The van der Waals surface area contributed by atoms with Crippen LogP contribution in [-0.2, 0) is 14.3 Å². The molecule has 0 aromatic rings. The van der Waals surface area contributed by atoms with E-state index in [4.69, 9.17) is 15.2 Å². The number of ether oxygens (including phenoxy) is 2. The molecule has 106 valence electrons. The highest BCUT2D eigenvalue weighted by atomic mass is 16.5. The normalized spacial score (nSPS) is 17.7. The van der Waals surface area contributed by atoms with Crippen molar-refractivity contribution in [1.29, 1.82) is 0 Å². The Balaban J connectivity index is 2.30. The SMILES string of the molecule is CCC(CC)(CN)OCC(=O)NC1CCOCC1.